The molecular formula is C31H50O5. The number of rotatable bonds is 7. The molecule has 0 aromatic rings. The van der Waals surface area contributed by atoms with Crippen LogP contribution in [0.5, 0.6) is 0 Å². The lowest BCUT2D eigenvalue weighted by Crippen LogP contribution is -2.61. The molecule has 10 atom stereocenters. The molecule has 0 bridgehead atoms. The molecule has 1 N–H and O–H groups in total. The summed E-state index contributed by atoms with van der Waals surface area (Å²) >= 11 is 0. The quantitative estimate of drug-likeness (QED) is 0.435. The van der Waals surface area contributed by atoms with Gasteiger partial charge in [0.1, 0.15) is 5.78 Å². The fourth-order valence-electron chi connectivity index (χ4n) is 10.1. The first kappa shape index (κ1) is 26.7. The van der Waals surface area contributed by atoms with Crippen LogP contribution in [-0.2, 0) is 19.1 Å². The summed E-state index contributed by atoms with van der Waals surface area (Å²) in [5.74, 6) is 3.19. The zero-order valence-electron chi connectivity index (χ0n) is 23.2. The number of methoxy groups -OCH3 is 1. The lowest BCUT2D eigenvalue weighted by Gasteiger charge is -2.62. The number of esters is 1. The van der Waals surface area contributed by atoms with Crippen molar-refractivity contribution in [3.63, 3.8) is 0 Å². The van der Waals surface area contributed by atoms with Crippen LogP contribution < -0.4 is 0 Å². The van der Waals surface area contributed by atoms with Crippen LogP contribution in [0.4, 0.5) is 0 Å². The normalized spacial score (nSPS) is 45.6. The standard InChI is InChI=1S/C31H50O5/c1-19(9-12-28(34)36-18-20-7-5-6-8-20)23-10-11-24-29-25(17-27(33)31(23,24)3)30(2)14-13-22(32)15-21(30)16-26(29)35-4/h19-26,29,32H,5-18H2,1-4H3/t19-,21+,22-,23-,24+,25+,26-,29+,30+,31-/m1/s1. The number of Topliss-reactive ketones (excluding diaryl/α,β-unsaturated/α-hetero) is 1. The van der Waals surface area contributed by atoms with Crippen LogP contribution >= 0.6 is 0 Å². The first-order valence-electron chi connectivity index (χ1n) is 15.1. The molecule has 5 heteroatoms. The van der Waals surface area contributed by atoms with Crippen molar-refractivity contribution in [2.75, 3.05) is 13.7 Å². The topological polar surface area (TPSA) is 72.8 Å². The predicted molar refractivity (Wildman–Crippen MR) is 139 cm³/mol. The van der Waals surface area contributed by atoms with Crippen LogP contribution in [0.1, 0.15) is 104 Å². The van der Waals surface area contributed by atoms with E-state index in [1.807, 2.05) is 7.11 Å². The van der Waals surface area contributed by atoms with Gasteiger partial charge in [-0.3, -0.25) is 9.59 Å². The monoisotopic (exact) mass is 502 g/mol. The summed E-state index contributed by atoms with van der Waals surface area (Å²) in [5.41, 5.74) is -0.189. The number of hydrogen-bond acceptors (Lipinski definition) is 5. The van der Waals surface area contributed by atoms with Gasteiger partial charge in [-0.15, -0.1) is 0 Å². The first-order chi connectivity index (χ1) is 17.2. The Bertz CT molecular complexity index is 820. The lowest BCUT2D eigenvalue weighted by atomic mass is 9.43. The Labute approximate surface area is 218 Å². The fraction of sp³-hybridized carbons (Fsp3) is 0.935. The molecule has 0 amide bonds. The third-order valence-corrected chi connectivity index (χ3v) is 12.3. The van der Waals surface area contributed by atoms with Crippen LogP contribution in [0.15, 0.2) is 0 Å². The van der Waals surface area contributed by atoms with E-state index in [4.69, 9.17) is 9.47 Å². The van der Waals surface area contributed by atoms with E-state index in [0.717, 1.165) is 44.9 Å². The number of ketones is 1. The van der Waals surface area contributed by atoms with Gasteiger partial charge in [0.25, 0.3) is 0 Å². The van der Waals surface area contributed by atoms with Gasteiger partial charge >= 0.3 is 5.97 Å². The summed E-state index contributed by atoms with van der Waals surface area (Å²) in [5, 5.41) is 10.4. The molecule has 204 valence electrons. The van der Waals surface area contributed by atoms with Crippen LogP contribution in [0.3, 0.4) is 0 Å². The molecule has 5 aliphatic carbocycles. The Hall–Kier alpha value is -0.940. The average molecular weight is 503 g/mol. The van der Waals surface area contributed by atoms with E-state index in [9.17, 15) is 14.7 Å². The van der Waals surface area contributed by atoms with Crippen LogP contribution in [0.2, 0.25) is 0 Å². The van der Waals surface area contributed by atoms with Gasteiger partial charge in [-0.2, -0.15) is 0 Å². The smallest absolute Gasteiger partial charge is 0.305 e. The van der Waals surface area contributed by atoms with Gasteiger partial charge in [0.2, 0.25) is 0 Å². The fourth-order valence-corrected chi connectivity index (χ4v) is 10.1. The number of aliphatic hydroxyl groups is 1. The zero-order chi connectivity index (χ0) is 25.7. The maximum Gasteiger partial charge on any atom is 0.305 e. The molecule has 0 aromatic carbocycles. The Morgan fingerprint density at radius 2 is 1.83 bits per heavy atom. The highest BCUT2D eigenvalue weighted by molar-refractivity contribution is 5.87. The molecule has 0 saturated heterocycles. The average Bonchev–Trinajstić information content (AvgIpc) is 3.50. The summed E-state index contributed by atoms with van der Waals surface area (Å²) < 4.78 is 11.8. The van der Waals surface area contributed by atoms with E-state index in [1.54, 1.807) is 0 Å². The maximum absolute atomic E-state index is 14.0. The van der Waals surface area contributed by atoms with Crippen molar-refractivity contribution in [1.29, 1.82) is 0 Å². The van der Waals surface area contributed by atoms with E-state index in [1.165, 1.54) is 25.7 Å². The second-order valence-corrected chi connectivity index (χ2v) is 13.9. The highest BCUT2D eigenvalue weighted by atomic mass is 16.5. The Kier molecular flexibility index (Phi) is 7.64. The number of ether oxygens (including phenoxy) is 2. The van der Waals surface area contributed by atoms with E-state index < -0.39 is 0 Å². The number of carbonyl (C=O) groups excluding carboxylic acids is 2. The molecule has 5 fully saturated rings. The first-order valence-corrected chi connectivity index (χ1v) is 15.1. The van der Waals surface area contributed by atoms with E-state index in [0.29, 0.717) is 66.7 Å². The van der Waals surface area contributed by atoms with Crippen molar-refractivity contribution < 1.29 is 24.2 Å². The van der Waals surface area contributed by atoms with Crippen molar-refractivity contribution in [3.05, 3.63) is 0 Å². The number of hydrogen-bond donors (Lipinski definition) is 1. The highest BCUT2D eigenvalue weighted by Crippen LogP contribution is 2.67. The van der Waals surface area contributed by atoms with Crippen LogP contribution in [0, 0.1) is 52.3 Å². The largest absolute Gasteiger partial charge is 0.465 e. The summed E-state index contributed by atoms with van der Waals surface area (Å²) in [6.45, 7) is 7.52. The molecule has 5 aliphatic rings. The van der Waals surface area contributed by atoms with Crippen molar-refractivity contribution in [3.8, 4) is 0 Å². The molecule has 5 rings (SSSR count). The molecule has 0 aliphatic heterocycles. The molecule has 5 saturated carbocycles. The molecule has 0 spiro atoms. The van der Waals surface area contributed by atoms with E-state index in [2.05, 4.69) is 20.8 Å². The van der Waals surface area contributed by atoms with Crippen LogP contribution in [0.25, 0.3) is 0 Å². The minimum Gasteiger partial charge on any atom is -0.465 e. The van der Waals surface area contributed by atoms with Gasteiger partial charge in [0, 0.05) is 25.4 Å². The van der Waals surface area contributed by atoms with Crippen molar-refractivity contribution in [2.24, 2.45) is 52.3 Å². The molecule has 36 heavy (non-hydrogen) atoms. The SMILES string of the molecule is CO[C@@H]1C[C@@H]2C[C@H](O)CC[C@]2(C)[C@H]2CC(=O)[C@]3(C)[C@@H]([C@H](C)CCC(=O)OCC4CCCC4)CC[C@H]3[C@H]12. The predicted octanol–water partition coefficient (Wildman–Crippen LogP) is 5.96. The molecule has 0 unspecified atom stereocenters. The van der Waals surface area contributed by atoms with Gasteiger partial charge in [-0.1, -0.05) is 33.6 Å². The van der Waals surface area contributed by atoms with E-state index >= 15 is 0 Å². The second kappa shape index (κ2) is 10.3. The van der Waals surface area contributed by atoms with Gasteiger partial charge in [0.15, 0.2) is 0 Å². The number of carbonyl (C=O) groups is 2. The lowest BCUT2D eigenvalue weighted by molar-refractivity contribution is -0.186. The summed E-state index contributed by atoms with van der Waals surface area (Å²) in [6, 6.07) is 0. The molecular weight excluding hydrogens is 452 g/mol. The minimum atomic E-state index is -0.317. The third kappa shape index (κ3) is 4.48. The van der Waals surface area contributed by atoms with Crippen molar-refractivity contribution >= 4 is 11.8 Å². The van der Waals surface area contributed by atoms with E-state index in [-0.39, 0.29) is 29.0 Å². The molecule has 0 radical (unpaired) electrons. The summed E-state index contributed by atoms with van der Waals surface area (Å²) in [4.78, 5) is 26.5. The Morgan fingerprint density at radius 1 is 1.08 bits per heavy atom. The Balaban J connectivity index is 1.27. The third-order valence-electron chi connectivity index (χ3n) is 12.3. The zero-order valence-corrected chi connectivity index (χ0v) is 23.2. The second-order valence-electron chi connectivity index (χ2n) is 13.9. The van der Waals surface area contributed by atoms with Gasteiger partial charge in [0.05, 0.1) is 18.8 Å². The van der Waals surface area contributed by atoms with Crippen molar-refractivity contribution in [1.82, 2.24) is 0 Å². The van der Waals surface area contributed by atoms with Gasteiger partial charge in [-0.25, -0.2) is 0 Å². The number of fused-ring (bicyclic) bond motifs is 5. The van der Waals surface area contributed by atoms with Gasteiger partial charge < -0.3 is 14.6 Å². The Morgan fingerprint density at radius 3 is 2.56 bits per heavy atom. The highest BCUT2D eigenvalue weighted by Gasteiger charge is 2.66. The molecule has 0 heterocycles. The number of aliphatic hydroxyl groups excluding tert-OH is 1. The summed E-state index contributed by atoms with van der Waals surface area (Å²) in [7, 11) is 1.85. The van der Waals surface area contributed by atoms with Crippen molar-refractivity contribution in [2.45, 2.75) is 116 Å². The maximum atomic E-state index is 14.0. The molecule has 5 nitrogen and oxygen atoms in total. The minimum absolute atomic E-state index is 0.0614. The summed E-state index contributed by atoms with van der Waals surface area (Å²) in [6.07, 6.45) is 12.7. The van der Waals surface area contributed by atoms with Gasteiger partial charge in [-0.05, 0) is 105 Å². The molecule has 0 aromatic heterocycles. The van der Waals surface area contributed by atoms with Crippen LogP contribution in [-0.4, -0.2) is 42.8 Å².